The van der Waals surface area contributed by atoms with Gasteiger partial charge in [-0.2, -0.15) is 0 Å². The molecule has 1 heteroatoms. The van der Waals surface area contributed by atoms with Crippen molar-refractivity contribution < 1.29 is 4.74 Å². The molecule has 0 fully saturated rings. The molecule has 0 saturated carbocycles. The highest BCUT2D eigenvalue weighted by Gasteiger charge is 1.97. The highest BCUT2D eigenvalue weighted by Crippen LogP contribution is 2.19. The largest absolute Gasteiger partial charge is 0.380 e. The first-order valence-electron chi connectivity index (χ1n) is 4.94. The van der Waals surface area contributed by atoms with Crippen LogP contribution in [0.15, 0.2) is 48.5 Å². The zero-order valence-electron chi connectivity index (χ0n) is 8.73. The second-order valence-corrected chi connectivity index (χ2v) is 3.42. The van der Waals surface area contributed by atoms with E-state index < -0.39 is 0 Å². The molecule has 1 radical (unpaired) electrons. The zero-order valence-corrected chi connectivity index (χ0v) is 8.73. The van der Waals surface area contributed by atoms with Gasteiger partial charge < -0.3 is 4.74 Å². The third kappa shape index (κ3) is 2.45. The lowest BCUT2D eigenvalue weighted by Crippen LogP contribution is -1.87. The van der Waals surface area contributed by atoms with E-state index in [-0.39, 0.29) is 0 Å². The summed E-state index contributed by atoms with van der Waals surface area (Å²) in [5, 5.41) is 0. The van der Waals surface area contributed by atoms with Crippen LogP contribution >= 0.6 is 0 Å². The Morgan fingerprint density at radius 1 is 1.07 bits per heavy atom. The molecular formula is C14H13O. The molecule has 2 rings (SSSR count). The van der Waals surface area contributed by atoms with Gasteiger partial charge in [0.2, 0.25) is 0 Å². The van der Waals surface area contributed by atoms with Crippen molar-refractivity contribution in [3.63, 3.8) is 0 Å². The van der Waals surface area contributed by atoms with E-state index in [0.29, 0.717) is 6.61 Å². The lowest BCUT2D eigenvalue weighted by atomic mass is 10.0. The Morgan fingerprint density at radius 3 is 2.60 bits per heavy atom. The van der Waals surface area contributed by atoms with Crippen LogP contribution in [0.25, 0.3) is 11.1 Å². The summed E-state index contributed by atoms with van der Waals surface area (Å²) in [6, 6.07) is 19.4. The predicted octanol–water partition coefficient (Wildman–Crippen LogP) is 3.30. The third-order valence-corrected chi connectivity index (χ3v) is 2.29. The minimum Gasteiger partial charge on any atom is -0.380 e. The smallest absolute Gasteiger partial charge is 0.0713 e. The van der Waals surface area contributed by atoms with Gasteiger partial charge in [-0.05, 0) is 28.8 Å². The molecule has 2 aromatic carbocycles. The van der Waals surface area contributed by atoms with Crippen LogP contribution in [0.1, 0.15) is 5.56 Å². The first kappa shape index (κ1) is 9.94. The molecule has 15 heavy (non-hydrogen) atoms. The molecule has 0 amide bonds. The average Bonchev–Trinajstić information content (AvgIpc) is 2.31. The lowest BCUT2D eigenvalue weighted by molar-refractivity contribution is 0.185. The van der Waals surface area contributed by atoms with E-state index >= 15 is 0 Å². The van der Waals surface area contributed by atoms with Gasteiger partial charge in [0.05, 0.1) is 6.61 Å². The molecule has 1 nitrogen and oxygen atoms in total. The highest BCUT2D eigenvalue weighted by molar-refractivity contribution is 5.63. The van der Waals surface area contributed by atoms with E-state index in [1.165, 1.54) is 16.7 Å². The quantitative estimate of drug-likeness (QED) is 0.733. The Labute approximate surface area is 90.3 Å². The van der Waals surface area contributed by atoms with Crippen LogP contribution in [0.2, 0.25) is 0 Å². The fourth-order valence-electron chi connectivity index (χ4n) is 1.59. The second kappa shape index (κ2) is 4.76. The van der Waals surface area contributed by atoms with E-state index in [2.05, 4.69) is 42.5 Å². The third-order valence-electron chi connectivity index (χ3n) is 2.29. The number of rotatable bonds is 3. The lowest BCUT2D eigenvalue weighted by Gasteiger charge is -2.04. The minimum atomic E-state index is 0.660. The highest BCUT2D eigenvalue weighted by atomic mass is 16.5. The molecule has 0 atom stereocenters. The molecule has 2 aromatic rings. The molecule has 0 aliphatic heterocycles. The average molecular weight is 197 g/mol. The normalized spacial score (nSPS) is 10.2. The number of benzene rings is 2. The summed E-state index contributed by atoms with van der Waals surface area (Å²) in [5.41, 5.74) is 3.63. The molecule has 0 bridgehead atoms. The first-order valence-corrected chi connectivity index (χ1v) is 4.94. The summed E-state index contributed by atoms with van der Waals surface area (Å²) in [4.78, 5) is 0. The van der Waals surface area contributed by atoms with Gasteiger partial charge in [0.1, 0.15) is 0 Å². The molecular weight excluding hydrogens is 184 g/mol. The summed E-state index contributed by atoms with van der Waals surface area (Å²) in [6.45, 7) is 0.660. The molecule has 0 aromatic heterocycles. The number of methoxy groups -OCH3 is 1. The van der Waals surface area contributed by atoms with Gasteiger partial charge in [-0.3, -0.25) is 0 Å². The van der Waals surface area contributed by atoms with Gasteiger partial charge in [0.25, 0.3) is 0 Å². The van der Waals surface area contributed by atoms with Gasteiger partial charge in [-0.25, -0.2) is 0 Å². The molecule has 0 aliphatic rings. The summed E-state index contributed by atoms with van der Waals surface area (Å²) in [7, 11) is 1.71. The fourth-order valence-corrected chi connectivity index (χ4v) is 1.59. The van der Waals surface area contributed by atoms with E-state index in [0.717, 1.165) is 0 Å². The Morgan fingerprint density at radius 2 is 1.87 bits per heavy atom. The van der Waals surface area contributed by atoms with Gasteiger partial charge in [0.15, 0.2) is 0 Å². The SMILES string of the molecule is COCc1cccc(-c2cc[c]cc2)c1. The maximum Gasteiger partial charge on any atom is 0.0713 e. The van der Waals surface area contributed by atoms with Crippen LogP contribution in [0, 0.1) is 6.07 Å². The number of hydrogen-bond donors (Lipinski definition) is 0. The Bertz CT molecular complexity index is 420. The van der Waals surface area contributed by atoms with Gasteiger partial charge >= 0.3 is 0 Å². The van der Waals surface area contributed by atoms with Crippen LogP contribution < -0.4 is 0 Å². The van der Waals surface area contributed by atoms with Crippen molar-refractivity contribution in [1.29, 1.82) is 0 Å². The van der Waals surface area contributed by atoms with Gasteiger partial charge in [0, 0.05) is 7.11 Å². The van der Waals surface area contributed by atoms with Crippen molar-refractivity contribution in [2.24, 2.45) is 0 Å². The Kier molecular flexibility index (Phi) is 3.15. The molecule has 0 heterocycles. The van der Waals surface area contributed by atoms with Crippen molar-refractivity contribution in [3.8, 4) is 11.1 Å². The predicted molar refractivity (Wildman–Crippen MR) is 61.4 cm³/mol. The van der Waals surface area contributed by atoms with Crippen molar-refractivity contribution >= 4 is 0 Å². The number of ether oxygens (including phenoxy) is 1. The van der Waals surface area contributed by atoms with Crippen molar-refractivity contribution in [3.05, 3.63) is 60.2 Å². The summed E-state index contributed by atoms with van der Waals surface area (Å²) in [5.74, 6) is 0. The molecule has 0 N–H and O–H groups in total. The molecule has 0 unspecified atom stereocenters. The molecule has 0 spiro atoms. The second-order valence-electron chi connectivity index (χ2n) is 3.42. The zero-order chi connectivity index (χ0) is 10.5. The van der Waals surface area contributed by atoms with Gasteiger partial charge in [-0.1, -0.05) is 42.5 Å². The maximum atomic E-state index is 5.11. The molecule has 0 saturated heterocycles. The summed E-state index contributed by atoms with van der Waals surface area (Å²) in [6.07, 6.45) is 0. The molecule has 0 aliphatic carbocycles. The van der Waals surface area contributed by atoms with Crippen molar-refractivity contribution in [2.45, 2.75) is 6.61 Å². The monoisotopic (exact) mass is 197 g/mol. The fraction of sp³-hybridized carbons (Fsp3) is 0.143. The summed E-state index contributed by atoms with van der Waals surface area (Å²) >= 11 is 0. The van der Waals surface area contributed by atoms with E-state index in [1.54, 1.807) is 7.11 Å². The van der Waals surface area contributed by atoms with Crippen LogP contribution in [-0.4, -0.2) is 7.11 Å². The summed E-state index contributed by atoms with van der Waals surface area (Å²) < 4.78 is 5.11. The van der Waals surface area contributed by atoms with Crippen LogP contribution in [-0.2, 0) is 11.3 Å². The van der Waals surface area contributed by atoms with Crippen molar-refractivity contribution in [2.75, 3.05) is 7.11 Å². The van der Waals surface area contributed by atoms with E-state index in [1.807, 2.05) is 12.1 Å². The topological polar surface area (TPSA) is 9.23 Å². The van der Waals surface area contributed by atoms with Crippen LogP contribution in [0.3, 0.4) is 0 Å². The minimum absolute atomic E-state index is 0.660. The standard InChI is InChI=1S/C14H13O/c1-15-11-12-6-5-9-14(10-12)13-7-3-2-4-8-13/h3-10H,11H2,1H3. The maximum absolute atomic E-state index is 5.11. The van der Waals surface area contributed by atoms with E-state index in [9.17, 15) is 0 Å². The first-order chi connectivity index (χ1) is 7.40. The van der Waals surface area contributed by atoms with Crippen LogP contribution in [0.4, 0.5) is 0 Å². The van der Waals surface area contributed by atoms with Crippen LogP contribution in [0.5, 0.6) is 0 Å². The van der Waals surface area contributed by atoms with Gasteiger partial charge in [-0.15, -0.1) is 0 Å². The van der Waals surface area contributed by atoms with E-state index in [4.69, 9.17) is 4.74 Å². The Balaban J connectivity index is 2.33. The number of hydrogen-bond acceptors (Lipinski definition) is 1. The van der Waals surface area contributed by atoms with Crippen molar-refractivity contribution in [1.82, 2.24) is 0 Å². The molecule has 75 valence electrons. The Hall–Kier alpha value is -1.60.